The largest absolute Gasteiger partial charge is 0.468 e. The van der Waals surface area contributed by atoms with Crippen LogP contribution in [0, 0.1) is 0 Å². The van der Waals surface area contributed by atoms with Crippen LogP contribution < -0.4 is 15.4 Å². The van der Waals surface area contributed by atoms with Crippen molar-refractivity contribution in [3.8, 4) is 5.88 Å². The number of nitrogens with zero attached hydrogens (tertiary/aromatic N) is 3. The van der Waals surface area contributed by atoms with Gasteiger partial charge in [0.25, 0.3) is 0 Å². The van der Waals surface area contributed by atoms with Gasteiger partial charge in [-0.15, -0.1) is 24.0 Å². The number of rotatable bonds is 7. The molecule has 1 aliphatic heterocycles. The molecule has 2 N–H and O–H groups in total. The fourth-order valence-electron chi connectivity index (χ4n) is 2.40. The van der Waals surface area contributed by atoms with Gasteiger partial charge in [0.15, 0.2) is 12.6 Å². The molecule has 154 valence electrons. The van der Waals surface area contributed by atoms with E-state index in [2.05, 4.69) is 25.5 Å². The van der Waals surface area contributed by atoms with Crippen LogP contribution in [0.1, 0.15) is 5.56 Å². The monoisotopic (exact) mass is 503 g/mol. The minimum Gasteiger partial charge on any atom is -0.468 e. The summed E-state index contributed by atoms with van der Waals surface area (Å²) in [6.45, 7) is 3.73. The van der Waals surface area contributed by atoms with E-state index < -0.39 is 12.8 Å². The molecule has 0 bridgehead atoms. The number of hydrogen-bond acceptors (Lipinski definition) is 5. The van der Waals surface area contributed by atoms with Crippen LogP contribution in [0.5, 0.6) is 5.88 Å². The van der Waals surface area contributed by atoms with Crippen LogP contribution in [0.4, 0.5) is 13.2 Å². The van der Waals surface area contributed by atoms with Gasteiger partial charge in [-0.3, -0.25) is 9.89 Å². The van der Waals surface area contributed by atoms with Crippen molar-refractivity contribution in [3.63, 3.8) is 0 Å². The number of hydrogen-bond donors (Lipinski definition) is 2. The lowest BCUT2D eigenvalue weighted by Crippen LogP contribution is -2.44. The summed E-state index contributed by atoms with van der Waals surface area (Å²) in [6, 6.07) is 3.30. The summed E-state index contributed by atoms with van der Waals surface area (Å²) < 4.78 is 47.1. The lowest BCUT2D eigenvalue weighted by Gasteiger charge is -2.26. The van der Waals surface area contributed by atoms with Crippen molar-refractivity contribution in [1.29, 1.82) is 0 Å². The van der Waals surface area contributed by atoms with Gasteiger partial charge in [-0.25, -0.2) is 4.98 Å². The van der Waals surface area contributed by atoms with Gasteiger partial charge in [0, 0.05) is 51.5 Å². The first kappa shape index (κ1) is 23.7. The number of pyridine rings is 1. The quantitative estimate of drug-likeness (QED) is 0.335. The van der Waals surface area contributed by atoms with Crippen molar-refractivity contribution in [2.45, 2.75) is 12.7 Å². The van der Waals surface area contributed by atoms with Crippen molar-refractivity contribution in [3.05, 3.63) is 23.9 Å². The third-order valence-corrected chi connectivity index (χ3v) is 3.72. The molecule has 2 heterocycles. The fourth-order valence-corrected chi connectivity index (χ4v) is 2.40. The molecule has 0 saturated carbocycles. The molecule has 0 aromatic carbocycles. The van der Waals surface area contributed by atoms with E-state index in [-0.39, 0.29) is 36.4 Å². The minimum atomic E-state index is -4.40. The Morgan fingerprint density at radius 3 is 2.74 bits per heavy atom. The molecule has 2 rings (SSSR count). The molecule has 1 aromatic rings. The summed E-state index contributed by atoms with van der Waals surface area (Å²) in [5, 5.41) is 6.23. The smallest absolute Gasteiger partial charge is 0.422 e. The van der Waals surface area contributed by atoms with Gasteiger partial charge in [0.1, 0.15) is 0 Å². The van der Waals surface area contributed by atoms with Crippen LogP contribution in [0.25, 0.3) is 0 Å². The third kappa shape index (κ3) is 9.42. The Balaban J connectivity index is 0.00000364. The second-order valence-electron chi connectivity index (χ2n) is 5.68. The Kier molecular flexibility index (Phi) is 10.7. The number of aliphatic imine (C=N–C) groups is 1. The summed E-state index contributed by atoms with van der Waals surface area (Å²) >= 11 is 0. The SMILES string of the molecule is CN=C(NCCN1CCOCC1)NCc1cccnc1OCC(F)(F)F.I. The Morgan fingerprint density at radius 1 is 1.33 bits per heavy atom. The molecule has 27 heavy (non-hydrogen) atoms. The van der Waals surface area contributed by atoms with Crippen molar-refractivity contribution in [2.75, 3.05) is 53.0 Å². The Labute approximate surface area is 173 Å². The summed E-state index contributed by atoms with van der Waals surface area (Å²) in [6.07, 6.45) is -3.01. The number of aromatic nitrogens is 1. The molecule has 1 aromatic heterocycles. The van der Waals surface area contributed by atoms with Gasteiger partial charge in [0.2, 0.25) is 5.88 Å². The van der Waals surface area contributed by atoms with E-state index in [0.717, 1.165) is 32.8 Å². The Hall–Kier alpha value is -1.34. The van der Waals surface area contributed by atoms with Crippen LogP contribution in [-0.4, -0.2) is 75.1 Å². The standard InChI is InChI=1S/C16H24F3N5O2.HI/c1-20-15(22-5-6-24-7-9-25-10-8-24)23-11-13-3-2-4-21-14(13)26-12-16(17,18)19;/h2-4H,5-12H2,1H3,(H2,20,22,23);1H. The number of halogens is 4. The van der Waals surface area contributed by atoms with Gasteiger partial charge < -0.3 is 20.1 Å². The van der Waals surface area contributed by atoms with Crippen molar-refractivity contribution in [1.82, 2.24) is 20.5 Å². The lowest BCUT2D eigenvalue weighted by molar-refractivity contribution is -0.154. The second kappa shape index (κ2) is 12.2. The second-order valence-corrected chi connectivity index (χ2v) is 5.68. The van der Waals surface area contributed by atoms with Crippen LogP contribution in [0.3, 0.4) is 0 Å². The molecule has 1 fully saturated rings. The first-order valence-electron chi connectivity index (χ1n) is 8.36. The van der Waals surface area contributed by atoms with E-state index in [1.54, 1.807) is 19.2 Å². The molecule has 0 spiro atoms. The predicted octanol–water partition coefficient (Wildman–Crippen LogP) is 1.64. The van der Waals surface area contributed by atoms with Gasteiger partial charge in [-0.2, -0.15) is 13.2 Å². The van der Waals surface area contributed by atoms with Crippen LogP contribution in [0.15, 0.2) is 23.3 Å². The van der Waals surface area contributed by atoms with Gasteiger partial charge in [-0.05, 0) is 6.07 Å². The summed E-state index contributed by atoms with van der Waals surface area (Å²) in [4.78, 5) is 10.3. The van der Waals surface area contributed by atoms with Gasteiger partial charge in [0.05, 0.1) is 13.2 Å². The van der Waals surface area contributed by atoms with Crippen molar-refractivity contribution in [2.24, 2.45) is 4.99 Å². The van der Waals surface area contributed by atoms with Gasteiger partial charge >= 0.3 is 6.18 Å². The molecular weight excluding hydrogens is 478 g/mol. The third-order valence-electron chi connectivity index (χ3n) is 3.72. The molecule has 0 amide bonds. The number of alkyl halides is 3. The Bertz CT molecular complexity index is 583. The van der Waals surface area contributed by atoms with E-state index in [1.807, 2.05) is 0 Å². The predicted molar refractivity (Wildman–Crippen MR) is 107 cm³/mol. The molecule has 1 aliphatic rings. The highest BCUT2D eigenvalue weighted by Crippen LogP contribution is 2.19. The number of nitrogens with one attached hydrogen (secondary N) is 2. The molecule has 7 nitrogen and oxygen atoms in total. The first-order chi connectivity index (χ1) is 12.5. The topological polar surface area (TPSA) is 71.0 Å². The average Bonchev–Trinajstić information content (AvgIpc) is 2.63. The summed E-state index contributed by atoms with van der Waals surface area (Å²) in [7, 11) is 1.63. The summed E-state index contributed by atoms with van der Waals surface area (Å²) in [5.74, 6) is 0.518. The van der Waals surface area contributed by atoms with E-state index in [0.29, 0.717) is 18.1 Å². The zero-order chi connectivity index (χ0) is 18.8. The molecular formula is C16H25F3IN5O2. The fraction of sp³-hybridized carbons (Fsp3) is 0.625. The molecule has 1 saturated heterocycles. The maximum absolute atomic E-state index is 12.3. The van der Waals surface area contributed by atoms with Crippen molar-refractivity contribution < 1.29 is 22.6 Å². The van der Waals surface area contributed by atoms with Crippen molar-refractivity contribution >= 4 is 29.9 Å². The molecule has 0 radical (unpaired) electrons. The van der Waals surface area contributed by atoms with Crippen LogP contribution in [-0.2, 0) is 11.3 Å². The van der Waals surface area contributed by atoms with E-state index in [1.165, 1.54) is 6.20 Å². The lowest BCUT2D eigenvalue weighted by atomic mass is 10.2. The molecule has 11 heteroatoms. The summed E-state index contributed by atoms with van der Waals surface area (Å²) in [5.41, 5.74) is 0.521. The van der Waals surface area contributed by atoms with E-state index in [4.69, 9.17) is 9.47 Å². The van der Waals surface area contributed by atoms with Crippen LogP contribution in [0.2, 0.25) is 0 Å². The molecule has 0 aliphatic carbocycles. The van der Waals surface area contributed by atoms with Crippen LogP contribution >= 0.6 is 24.0 Å². The highest BCUT2D eigenvalue weighted by Gasteiger charge is 2.29. The highest BCUT2D eigenvalue weighted by molar-refractivity contribution is 14.0. The molecule has 0 unspecified atom stereocenters. The van der Waals surface area contributed by atoms with Gasteiger partial charge in [-0.1, -0.05) is 6.07 Å². The zero-order valence-corrected chi connectivity index (χ0v) is 17.4. The van der Waals surface area contributed by atoms with E-state index in [9.17, 15) is 13.2 Å². The molecule has 0 atom stereocenters. The number of guanidine groups is 1. The number of ether oxygens (including phenoxy) is 2. The average molecular weight is 503 g/mol. The number of morpholine rings is 1. The maximum Gasteiger partial charge on any atom is 0.422 e. The zero-order valence-electron chi connectivity index (χ0n) is 15.1. The highest BCUT2D eigenvalue weighted by atomic mass is 127. The maximum atomic E-state index is 12.3. The normalized spacial score (nSPS) is 15.8. The minimum absolute atomic E-state index is 0. The first-order valence-corrected chi connectivity index (χ1v) is 8.36. The Morgan fingerprint density at radius 2 is 2.07 bits per heavy atom. The van der Waals surface area contributed by atoms with E-state index >= 15 is 0 Å².